The molecule has 2 aromatic carbocycles. The molecule has 0 bridgehead atoms. The first kappa shape index (κ1) is 11.8. The van der Waals surface area contributed by atoms with E-state index in [0.29, 0.717) is 0 Å². The summed E-state index contributed by atoms with van der Waals surface area (Å²) >= 11 is 3.42. The van der Waals surface area contributed by atoms with Crippen LogP contribution in [0.5, 0.6) is 0 Å². The minimum Gasteiger partial charge on any atom is -0.397 e. The Morgan fingerprint density at radius 2 is 1.00 bits per heavy atom. The molecule has 0 atom stereocenters. The first-order chi connectivity index (χ1) is 9.75. The van der Waals surface area contributed by atoms with Gasteiger partial charge >= 0.3 is 0 Å². The van der Waals surface area contributed by atoms with E-state index in [1.165, 1.54) is 9.40 Å². The van der Waals surface area contributed by atoms with E-state index in [0.717, 1.165) is 31.9 Å². The van der Waals surface area contributed by atoms with Crippen LogP contribution in [0.2, 0.25) is 0 Å². The van der Waals surface area contributed by atoms with Crippen LogP contribution in [-0.2, 0) is 0 Å². The predicted molar refractivity (Wildman–Crippen MR) is 91.5 cm³/mol. The molecule has 0 saturated heterocycles. The third kappa shape index (κ3) is 1.55. The molecule has 0 amide bonds. The second-order valence-corrected chi connectivity index (χ2v) is 6.79. The van der Waals surface area contributed by atoms with E-state index in [1.807, 2.05) is 24.3 Å². The normalized spacial score (nSPS) is 11.4. The fourth-order valence-electron chi connectivity index (χ4n) is 2.47. The van der Waals surface area contributed by atoms with Gasteiger partial charge in [-0.2, -0.15) is 0 Å². The van der Waals surface area contributed by atoms with Gasteiger partial charge in [0, 0.05) is 20.2 Å². The van der Waals surface area contributed by atoms with Crippen LogP contribution in [0.1, 0.15) is 0 Å². The van der Waals surface area contributed by atoms with Gasteiger partial charge in [0.05, 0.1) is 21.1 Å². The number of benzene rings is 2. The van der Waals surface area contributed by atoms with E-state index in [4.69, 9.17) is 11.5 Å². The molecule has 4 aromatic rings. The number of nitrogens with two attached hydrogens (primary N) is 2. The van der Waals surface area contributed by atoms with Crippen molar-refractivity contribution < 1.29 is 0 Å². The Morgan fingerprint density at radius 3 is 1.40 bits per heavy atom. The van der Waals surface area contributed by atoms with E-state index in [1.54, 1.807) is 22.7 Å². The SMILES string of the molecule is Nc1c(-c2sc3ccccc3c2N)sc2ccccc12. The third-order valence-electron chi connectivity index (χ3n) is 3.47. The first-order valence-corrected chi connectivity index (χ1v) is 7.93. The lowest BCUT2D eigenvalue weighted by molar-refractivity contribution is 1.81. The van der Waals surface area contributed by atoms with Crippen LogP contribution in [-0.4, -0.2) is 0 Å². The summed E-state index contributed by atoms with van der Waals surface area (Å²) in [7, 11) is 0. The Balaban J connectivity index is 2.06. The Labute approximate surface area is 124 Å². The maximum absolute atomic E-state index is 6.32. The highest BCUT2D eigenvalue weighted by Gasteiger charge is 2.17. The molecule has 4 N–H and O–H groups in total. The molecule has 4 heteroatoms. The average Bonchev–Trinajstić information content (AvgIpc) is 2.98. The zero-order chi connectivity index (χ0) is 13.7. The predicted octanol–water partition coefficient (Wildman–Crippen LogP) is 4.95. The molecule has 20 heavy (non-hydrogen) atoms. The molecule has 98 valence electrons. The van der Waals surface area contributed by atoms with Crippen molar-refractivity contribution in [3.8, 4) is 9.75 Å². The van der Waals surface area contributed by atoms with Gasteiger partial charge in [-0.15, -0.1) is 22.7 Å². The maximum Gasteiger partial charge on any atom is 0.0706 e. The molecule has 0 aliphatic heterocycles. The van der Waals surface area contributed by atoms with E-state index in [-0.39, 0.29) is 0 Å². The maximum atomic E-state index is 6.32. The average molecular weight is 296 g/mol. The molecule has 0 radical (unpaired) electrons. The van der Waals surface area contributed by atoms with Crippen molar-refractivity contribution in [2.24, 2.45) is 0 Å². The van der Waals surface area contributed by atoms with Crippen molar-refractivity contribution in [2.45, 2.75) is 0 Å². The topological polar surface area (TPSA) is 52.0 Å². The van der Waals surface area contributed by atoms with Crippen LogP contribution in [0.25, 0.3) is 29.9 Å². The highest BCUT2D eigenvalue weighted by molar-refractivity contribution is 7.29. The van der Waals surface area contributed by atoms with E-state index < -0.39 is 0 Å². The first-order valence-electron chi connectivity index (χ1n) is 6.30. The number of anilines is 2. The molecule has 2 aromatic heterocycles. The molecule has 2 heterocycles. The van der Waals surface area contributed by atoms with Gasteiger partial charge in [-0.25, -0.2) is 0 Å². The zero-order valence-corrected chi connectivity index (χ0v) is 12.2. The molecular formula is C16H12N2S2. The largest absolute Gasteiger partial charge is 0.397 e. The Morgan fingerprint density at radius 1 is 0.600 bits per heavy atom. The molecule has 4 rings (SSSR count). The van der Waals surface area contributed by atoms with Crippen LogP contribution in [0.15, 0.2) is 48.5 Å². The zero-order valence-electron chi connectivity index (χ0n) is 10.6. The lowest BCUT2D eigenvalue weighted by atomic mass is 10.2. The lowest BCUT2D eigenvalue weighted by Gasteiger charge is -1.98. The number of thiophene rings is 2. The van der Waals surface area contributed by atoms with Gasteiger partial charge in [-0.05, 0) is 12.1 Å². The van der Waals surface area contributed by atoms with Crippen LogP contribution in [0.4, 0.5) is 11.4 Å². The van der Waals surface area contributed by atoms with Gasteiger partial charge < -0.3 is 11.5 Å². The van der Waals surface area contributed by atoms with E-state index in [2.05, 4.69) is 24.3 Å². The van der Waals surface area contributed by atoms with Crippen molar-refractivity contribution in [1.82, 2.24) is 0 Å². The summed E-state index contributed by atoms with van der Waals surface area (Å²) in [5, 5.41) is 2.23. The second kappa shape index (κ2) is 4.23. The van der Waals surface area contributed by atoms with Crippen molar-refractivity contribution in [1.29, 1.82) is 0 Å². The molecule has 0 aliphatic rings. The summed E-state index contributed by atoms with van der Waals surface area (Å²) in [6.45, 7) is 0. The number of nitrogen functional groups attached to an aromatic ring is 2. The fraction of sp³-hybridized carbons (Fsp3) is 0. The van der Waals surface area contributed by atoms with Crippen molar-refractivity contribution in [2.75, 3.05) is 11.5 Å². The Hall–Kier alpha value is -2.04. The van der Waals surface area contributed by atoms with Gasteiger partial charge in [-0.1, -0.05) is 36.4 Å². The van der Waals surface area contributed by atoms with Crippen LogP contribution >= 0.6 is 22.7 Å². The van der Waals surface area contributed by atoms with Gasteiger partial charge in [0.15, 0.2) is 0 Å². The number of fused-ring (bicyclic) bond motifs is 2. The summed E-state index contributed by atoms with van der Waals surface area (Å²) in [6.07, 6.45) is 0. The molecule has 0 fully saturated rings. The molecule has 0 saturated carbocycles. The van der Waals surface area contributed by atoms with E-state index in [9.17, 15) is 0 Å². The Bertz CT molecular complexity index is 856. The van der Waals surface area contributed by atoms with Gasteiger partial charge in [0.25, 0.3) is 0 Å². The van der Waals surface area contributed by atoms with E-state index >= 15 is 0 Å². The van der Waals surface area contributed by atoms with Gasteiger partial charge in [-0.3, -0.25) is 0 Å². The third-order valence-corrected chi connectivity index (χ3v) is 6.01. The number of hydrogen-bond donors (Lipinski definition) is 2. The summed E-state index contributed by atoms with van der Waals surface area (Å²) in [5.41, 5.74) is 14.3. The summed E-state index contributed by atoms with van der Waals surface area (Å²) in [4.78, 5) is 2.18. The monoisotopic (exact) mass is 296 g/mol. The standard InChI is InChI=1S/C16H12N2S2/c17-13-9-5-1-3-7-11(9)19-15(13)16-14(18)10-6-2-4-8-12(10)20-16/h1-8H,17-18H2. The lowest BCUT2D eigenvalue weighted by Crippen LogP contribution is -1.87. The van der Waals surface area contributed by atoms with Crippen molar-refractivity contribution >= 4 is 54.2 Å². The Kier molecular flexibility index (Phi) is 2.49. The smallest absolute Gasteiger partial charge is 0.0706 e. The molecule has 0 aliphatic carbocycles. The summed E-state index contributed by atoms with van der Waals surface area (Å²) in [6, 6.07) is 16.4. The van der Waals surface area contributed by atoms with Crippen molar-refractivity contribution in [3.63, 3.8) is 0 Å². The highest BCUT2D eigenvalue weighted by Crippen LogP contribution is 2.48. The summed E-state index contributed by atoms with van der Waals surface area (Å²) < 4.78 is 2.41. The second-order valence-electron chi connectivity index (χ2n) is 4.68. The molecule has 0 spiro atoms. The highest BCUT2D eigenvalue weighted by atomic mass is 32.1. The summed E-state index contributed by atoms with van der Waals surface area (Å²) in [5.74, 6) is 0. The van der Waals surface area contributed by atoms with Gasteiger partial charge in [0.1, 0.15) is 0 Å². The molecule has 2 nitrogen and oxygen atoms in total. The quantitative estimate of drug-likeness (QED) is 0.522. The minimum atomic E-state index is 0.837. The van der Waals surface area contributed by atoms with Gasteiger partial charge in [0.2, 0.25) is 0 Å². The fourth-order valence-corrected chi connectivity index (χ4v) is 4.87. The number of rotatable bonds is 1. The minimum absolute atomic E-state index is 0.837. The molecular weight excluding hydrogens is 284 g/mol. The molecule has 0 unspecified atom stereocenters. The van der Waals surface area contributed by atoms with Crippen molar-refractivity contribution in [3.05, 3.63) is 48.5 Å². The van der Waals surface area contributed by atoms with Crippen LogP contribution in [0.3, 0.4) is 0 Å². The van der Waals surface area contributed by atoms with Crippen LogP contribution in [0, 0.1) is 0 Å². The number of hydrogen-bond acceptors (Lipinski definition) is 4. The van der Waals surface area contributed by atoms with Crippen LogP contribution < -0.4 is 11.5 Å².